The van der Waals surface area contributed by atoms with Crippen LogP contribution in [-0.4, -0.2) is 7.11 Å². The second kappa shape index (κ2) is 115. The highest BCUT2D eigenvalue weighted by molar-refractivity contribution is 9.67. The van der Waals surface area contributed by atoms with Gasteiger partial charge in [0, 0.05) is 757 Å². The summed E-state index contributed by atoms with van der Waals surface area (Å²) in [6.07, 6.45) is 0. The number of hydrogen-bond donors (Lipinski definition) is 1. The van der Waals surface area contributed by atoms with Gasteiger partial charge < -0.3 is 4.18 Å². The van der Waals surface area contributed by atoms with Crippen LogP contribution in [-0.2, 0) is 33.0 Å². The Labute approximate surface area is 861 Å². The molecule has 0 aromatic rings. The molecule has 0 spiro atoms. The largest absolute Gasteiger partial charge is 0.305 e. The van der Waals surface area contributed by atoms with E-state index in [0.29, 0.717) is 0 Å². The summed E-state index contributed by atoms with van der Waals surface area (Å²) in [4.78, 5) is 0. The minimum Gasteiger partial charge on any atom is -0.305 e. The number of rotatable bonds is 86. The van der Waals surface area contributed by atoms with Crippen molar-refractivity contribution in [3.8, 4) is 0 Å². The Morgan fingerprint density at radius 2 is 0.231 bits per heavy atom. The Balaban J connectivity index is 3.10. The molecule has 90 heteroatoms. The molecule has 0 aliphatic carbocycles. The first-order valence-electron chi connectivity index (χ1n) is 15.3. The third-order valence-corrected chi connectivity index (χ3v) is 196. The van der Waals surface area contributed by atoms with Gasteiger partial charge in [0.15, 0.2) is 0 Å². The van der Waals surface area contributed by atoms with Gasteiger partial charge in [-0.15, -0.1) is 0 Å². The lowest BCUT2D eigenvalue weighted by Gasteiger charge is -2.03. The molecule has 548 valence electrons. The van der Waals surface area contributed by atoms with Crippen LogP contribution in [0.4, 0.5) is 0 Å². The topological polar surface area (TPSA) is 9.23 Å². The van der Waals surface area contributed by atoms with Crippen LogP contribution in [0.2, 0.25) is 0 Å². The van der Waals surface area contributed by atoms with E-state index in [9.17, 15) is 0 Å². The summed E-state index contributed by atoms with van der Waals surface area (Å²) < 4.78 is 5.12. The summed E-state index contributed by atoms with van der Waals surface area (Å²) >= 11 is 14.5. The molecule has 0 radical (unpaired) electrons. The number of thiol groups is 1. The van der Waals surface area contributed by atoms with Gasteiger partial charge in [-0.05, 0) is 101 Å². The highest BCUT2D eigenvalue weighted by atomic mass is 34.1. The molecule has 0 saturated carbocycles. The molecular weight excluding hydrogens is 2880 g/mol. The summed E-state index contributed by atoms with van der Waals surface area (Å²) in [5.41, 5.74) is 0. The van der Waals surface area contributed by atoms with E-state index in [4.69, 9.17) is 26.6 Å². The molecule has 0 saturated heterocycles. The van der Waals surface area contributed by atoms with E-state index >= 15 is 0 Å². The van der Waals surface area contributed by atoms with Gasteiger partial charge in [0.05, 0.1) is 13.6 Å². The maximum Gasteiger partial charge on any atom is 0.0817 e. The first-order chi connectivity index (χ1) is 45.1. The molecule has 0 heterocycles. The summed E-state index contributed by atoms with van der Waals surface area (Å²) in [6, 6.07) is 0. The normalized spacial score (nSPS) is 12.0. The first kappa shape index (κ1) is 122. The molecule has 0 atom stereocenters. The lowest BCUT2D eigenvalue weighted by atomic mass is 11.8. The quantitative estimate of drug-likeness (QED) is 0.0352. The zero-order valence-electron chi connectivity index (χ0n) is 37.8. The molecule has 0 bridgehead atoms. The smallest absolute Gasteiger partial charge is 0.0817 e. The summed E-state index contributed by atoms with van der Waals surface area (Å²) in [7, 11) is 155. The molecule has 0 amide bonds. The van der Waals surface area contributed by atoms with Crippen LogP contribution in [0, 0.1) is 0 Å². The van der Waals surface area contributed by atoms with Crippen molar-refractivity contribution in [2.24, 2.45) is 0 Å². The lowest BCUT2D eigenvalue weighted by Crippen LogP contribution is -1.87. The van der Waals surface area contributed by atoms with Crippen molar-refractivity contribution in [1.29, 1.82) is 0 Å². The van der Waals surface area contributed by atoms with Gasteiger partial charge in [-0.25, -0.2) is 0 Å². The second-order valence-electron chi connectivity index (χ2n) is 6.36. The van der Waals surface area contributed by atoms with Crippen LogP contribution in [0.3, 0.4) is 0 Å². The highest BCUT2D eigenvalue weighted by Crippen LogP contribution is 2.73. The minimum absolute atomic E-state index is 1.46. The fourth-order valence-electron chi connectivity index (χ4n) is 1.00. The van der Waals surface area contributed by atoms with Crippen molar-refractivity contribution in [1.82, 2.24) is 0 Å². The van der Waals surface area contributed by atoms with E-state index in [1.165, 1.54) is 19.7 Å². The fraction of sp³-hybridized carbons (Fsp3) is 1.00. The van der Waals surface area contributed by atoms with Crippen LogP contribution in [0.25, 0.3) is 0 Å². The molecule has 0 aliphatic heterocycles. The zero-order chi connectivity index (χ0) is 65.3. The predicted molar refractivity (Wildman–Crippen MR) is 683 cm³/mol. The molecule has 91 heavy (non-hydrogen) atoms. The van der Waals surface area contributed by atoms with Gasteiger partial charge in [0.2, 0.25) is 0 Å². The van der Waals surface area contributed by atoms with E-state index in [1.807, 2.05) is 678 Å². The number of hydrogen-bond acceptors (Lipinski definition) is 89. The fourth-order valence-corrected chi connectivity index (χ4v) is 236. The Morgan fingerprint density at radius 1 is 0.154 bits per heavy atom. The van der Waals surface area contributed by atoms with E-state index in [0.717, 1.165) is 0 Å². The third-order valence-electron chi connectivity index (χ3n) is 2.62. The zero-order valence-corrected chi connectivity index (χ0v) is 111. The van der Waals surface area contributed by atoms with Crippen LogP contribution >= 0.6 is 847 Å². The minimum atomic E-state index is -1.81. The molecule has 0 aliphatic rings. The van der Waals surface area contributed by atoms with Crippen molar-refractivity contribution in [3.05, 3.63) is 0 Å². The highest BCUT2D eigenvalue weighted by Gasteiger charge is 2.09. The van der Waals surface area contributed by atoms with Gasteiger partial charge >= 0.3 is 0 Å². The van der Waals surface area contributed by atoms with Gasteiger partial charge in [-0.2, -0.15) is 0 Å². The average molecular weight is 2890 g/mol. The van der Waals surface area contributed by atoms with Crippen LogP contribution in [0.5, 0.6) is 0 Å². The van der Waals surface area contributed by atoms with Crippen molar-refractivity contribution >= 4 is 876 Å². The van der Waals surface area contributed by atoms with Crippen LogP contribution in [0.1, 0.15) is 0 Å². The van der Waals surface area contributed by atoms with Gasteiger partial charge in [0.1, 0.15) is 0 Å². The molecular formula is CH4OS89. The second-order valence-corrected chi connectivity index (χ2v) is 164. The van der Waals surface area contributed by atoms with Crippen molar-refractivity contribution in [3.63, 3.8) is 0 Å². The molecule has 0 aromatic carbocycles. The molecule has 0 aromatic heterocycles. The molecule has 0 N–H and O–H groups in total. The van der Waals surface area contributed by atoms with Gasteiger partial charge in [-0.3, -0.25) is 0 Å². The monoisotopic (exact) mass is 2880 g/mol. The predicted octanol–water partition coefficient (Wildman–Crippen LogP) is 55.6. The maximum absolute atomic E-state index is 5.18. The van der Waals surface area contributed by atoms with Crippen molar-refractivity contribution in [2.75, 3.05) is 7.11 Å². The van der Waals surface area contributed by atoms with Crippen LogP contribution < -0.4 is 0 Å². The van der Waals surface area contributed by atoms with E-state index in [2.05, 4.69) is 11.7 Å². The van der Waals surface area contributed by atoms with Gasteiger partial charge in [-0.1, -0.05) is 11.7 Å². The first-order valence-corrected chi connectivity index (χ1v) is 133. The van der Waals surface area contributed by atoms with E-state index < -0.39 is 6.46 Å². The molecule has 0 rings (SSSR count). The van der Waals surface area contributed by atoms with E-state index in [1.54, 1.807) is 145 Å². The Hall–Kier alpha value is 30.9. The summed E-state index contributed by atoms with van der Waals surface area (Å²) in [5, 5.41) is 0. The average Bonchev–Trinajstić information content (AvgIpc) is 3.59. The van der Waals surface area contributed by atoms with Crippen molar-refractivity contribution < 1.29 is 4.18 Å². The molecule has 0 unspecified atom stereocenters. The SMILES string of the molecule is COS(=S)(=S)SSSSSSSSSSSSSSSSSSSSSSSSSSSSSSSSSSSSSSSSSSSSSSSSSSSSSSSSSSSSSSSSSSSSSSSSSSSSSSSSSSSSSS. The molecule has 0 fully saturated rings. The van der Waals surface area contributed by atoms with Gasteiger partial charge in [0.25, 0.3) is 0 Å². The Bertz CT molecular complexity index is 1330. The standard InChI is InChI=1S/CH4OS89/c1-2-91(4,5)90-89-88-87-86-85-84-83-82-81-80-79-78-77-76-75-74-73-72-71-70-69-68-67-66-65-64-63-62-61-60-59-58-57-56-55-54-53-52-51-50-49-48-47-46-45-44-43-42-41-40-39-38-37-36-35-34-33-32-31-30-29-28-27-26-25-24-23-22-21-20-19-18-17-16-15-14-13-12-11-10-9-8-7-6-3/h3H,1H3. The van der Waals surface area contributed by atoms with E-state index in [-0.39, 0.29) is 0 Å². The Morgan fingerprint density at radius 3 is 0.308 bits per heavy atom. The summed E-state index contributed by atoms with van der Waals surface area (Å²) in [5.74, 6) is 0. The maximum atomic E-state index is 5.18. The Kier molecular flexibility index (Phi) is 154. The molecule has 1 nitrogen and oxygen atoms in total. The summed E-state index contributed by atoms with van der Waals surface area (Å²) in [6.45, 7) is -1.81. The third kappa shape index (κ3) is 117. The lowest BCUT2D eigenvalue weighted by molar-refractivity contribution is 0.491. The van der Waals surface area contributed by atoms with Crippen LogP contribution in [0.15, 0.2) is 0 Å². The van der Waals surface area contributed by atoms with Crippen molar-refractivity contribution in [2.45, 2.75) is 0 Å².